The molecule has 2 aliphatic heterocycles. The molecule has 5 rings (SSSR count). The van der Waals surface area contributed by atoms with E-state index in [1.807, 2.05) is 68.4 Å². The number of nitrogens with one attached hydrogen (secondary N) is 1. The van der Waals surface area contributed by atoms with Crippen molar-refractivity contribution < 1.29 is 14.3 Å². The number of nitrogens with zero attached hydrogens (tertiary/aromatic N) is 4. The topological polar surface area (TPSA) is 100 Å². The highest BCUT2D eigenvalue weighted by Crippen LogP contribution is 2.31. The molecule has 0 bridgehead atoms. The van der Waals surface area contributed by atoms with Gasteiger partial charge in [-0.3, -0.25) is 15.2 Å². The minimum atomic E-state index is -0.462. The van der Waals surface area contributed by atoms with E-state index >= 15 is 0 Å². The van der Waals surface area contributed by atoms with Gasteiger partial charge in [0, 0.05) is 24.4 Å². The molecule has 2 aliphatic rings. The van der Waals surface area contributed by atoms with Crippen molar-refractivity contribution in [3.8, 4) is 11.5 Å². The van der Waals surface area contributed by atoms with Gasteiger partial charge in [0.2, 0.25) is 5.17 Å². The monoisotopic (exact) mass is 511 g/mol. The van der Waals surface area contributed by atoms with Gasteiger partial charge < -0.3 is 9.47 Å². The Hall–Kier alpha value is -4.24. The summed E-state index contributed by atoms with van der Waals surface area (Å²) < 4.78 is 11.8. The maximum atomic E-state index is 12.7. The number of hydrazone groups is 1. The van der Waals surface area contributed by atoms with Crippen molar-refractivity contribution in [2.75, 3.05) is 13.2 Å². The third-order valence-electron chi connectivity index (χ3n) is 5.77. The van der Waals surface area contributed by atoms with Crippen LogP contribution < -0.4 is 9.47 Å². The molecular weight excluding hydrogens is 486 g/mol. The number of amides is 1. The van der Waals surface area contributed by atoms with E-state index in [4.69, 9.17) is 14.9 Å². The lowest BCUT2D eigenvalue weighted by molar-refractivity contribution is -0.114. The summed E-state index contributed by atoms with van der Waals surface area (Å²) in [5.41, 5.74) is 4.00. The van der Waals surface area contributed by atoms with Crippen molar-refractivity contribution in [3.05, 3.63) is 94.8 Å². The van der Waals surface area contributed by atoms with Crippen LogP contribution in [0.2, 0.25) is 0 Å². The number of fused-ring (bicyclic) bond motifs is 1. The van der Waals surface area contributed by atoms with Gasteiger partial charge in [-0.05, 0) is 72.6 Å². The number of aryl methyl sites for hydroxylation is 2. The molecule has 9 heteroatoms. The maximum Gasteiger partial charge on any atom is 0.283 e. The Balaban J connectivity index is 1.18. The highest BCUT2D eigenvalue weighted by atomic mass is 32.2. The lowest BCUT2D eigenvalue weighted by Crippen LogP contribution is -2.35. The fourth-order valence-corrected chi connectivity index (χ4v) is 4.76. The molecule has 1 aromatic heterocycles. The van der Waals surface area contributed by atoms with Crippen LogP contribution in [-0.4, -0.2) is 45.2 Å². The van der Waals surface area contributed by atoms with Crippen molar-refractivity contribution in [1.29, 1.82) is 5.41 Å². The second-order valence-electron chi connectivity index (χ2n) is 8.51. The number of carbonyl (C=O) groups is 1. The summed E-state index contributed by atoms with van der Waals surface area (Å²) in [6.07, 6.45) is 5.77. The number of thioether (sulfide) groups is 1. The molecule has 1 amide bonds. The van der Waals surface area contributed by atoms with Gasteiger partial charge in [0.1, 0.15) is 16.5 Å². The largest absolute Gasteiger partial charge is 0.493 e. The Morgan fingerprint density at radius 1 is 1.00 bits per heavy atom. The van der Waals surface area contributed by atoms with Gasteiger partial charge in [-0.25, -0.2) is 0 Å². The number of hydrogen-bond acceptors (Lipinski definition) is 7. The van der Waals surface area contributed by atoms with Crippen LogP contribution in [0.3, 0.4) is 0 Å². The van der Waals surface area contributed by atoms with Crippen LogP contribution in [0.4, 0.5) is 0 Å². The first-order valence-electron chi connectivity index (χ1n) is 11.8. The molecule has 3 aromatic rings. The fourth-order valence-electron chi connectivity index (χ4n) is 3.87. The van der Waals surface area contributed by atoms with Crippen molar-refractivity contribution in [3.63, 3.8) is 0 Å². The van der Waals surface area contributed by atoms with E-state index in [0.29, 0.717) is 23.4 Å². The summed E-state index contributed by atoms with van der Waals surface area (Å²) >= 11 is 1.25. The standard InChI is InChI=1S/C28H25N5O3S/c1-18-6-3-7-19(2)24(18)36-15-5-14-35-22-11-9-20(10-12-22)16-23-25(29)33-28(31-26(23)34)37-27(32-33)21-8-4-13-30-17-21/h3-4,6-13,16-17,29H,5,14-15H2,1-2H3/b23-16-,29-25?. The Kier molecular flexibility index (Phi) is 7.14. The predicted octanol–water partition coefficient (Wildman–Crippen LogP) is 5.21. The quantitative estimate of drug-likeness (QED) is 0.329. The van der Waals surface area contributed by atoms with Crippen LogP contribution in [-0.2, 0) is 4.79 Å². The minimum absolute atomic E-state index is 0.00870. The van der Waals surface area contributed by atoms with E-state index in [9.17, 15) is 4.79 Å². The van der Waals surface area contributed by atoms with Crippen molar-refractivity contribution in [2.24, 2.45) is 10.1 Å². The molecule has 0 atom stereocenters. The van der Waals surface area contributed by atoms with Crippen LogP contribution in [0.1, 0.15) is 28.7 Å². The molecule has 1 N–H and O–H groups in total. The number of rotatable bonds is 8. The van der Waals surface area contributed by atoms with E-state index < -0.39 is 5.91 Å². The lowest BCUT2D eigenvalue weighted by atomic mass is 10.1. The third kappa shape index (κ3) is 5.46. The lowest BCUT2D eigenvalue weighted by Gasteiger charge is -2.20. The van der Waals surface area contributed by atoms with Gasteiger partial charge in [-0.1, -0.05) is 30.3 Å². The van der Waals surface area contributed by atoms with E-state index in [0.717, 1.165) is 40.2 Å². The molecule has 0 saturated heterocycles. The summed E-state index contributed by atoms with van der Waals surface area (Å²) in [4.78, 5) is 20.9. The summed E-state index contributed by atoms with van der Waals surface area (Å²) in [6.45, 7) is 5.18. The van der Waals surface area contributed by atoms with Gasteiger partial charge in [0.15, 0.2) is 5.84 Å². The number of aliphatic imine (C=N–C) groups is 1. The zero-order valence-electron chi connectivity index (χ0n) is 20.5. The molecule has 0 saturated carbocycles. The predicted molar refractivity (Wildman–Crippen MR) is 146 cm³/mol. The summed E-state index contributed by atoms with van der Waals surface area (Å²) in [5.74, 6) is 1.19. The average molecular weight is 512 g/mol. The summed E-state index contributed by atoms with van der Waals surface area (Å²) in [5, 5.41) is 15.4. The molecule has 0 aliphatic carbocycles. The van der Waals surface area contributed by atoms with Gasteiger partial charge in [-0.15, -0.1) is 0 Å². The Labute approximate surface area is 219 Å². The first kappa shape index (κ1) is 24.5. The van der Waals surface area contributed by atoms with Crippen LogP contribution in [0.15, 0.2) is 82.7 Å². The molecule has 0 spiro atoms. The minimum Gasteiger partial charge on any atom is -0.493 e. The summed E-state index contributed by atoms with van der Waals surface area (Å²) in [6, 6.07) is 17.2. The summed E-state index contributed by atoms with van der Waals surface area (Å²) in [7, 11) is 0. The van der Waals surface area contributed by atoms with Gasteiger partial charge in [-0.2, -0.15) is 15.1 Å². The first-order valence-corrected chi connectivity index (χ1v) is 12.6. The number of aromatic nitrogens is 1. The Morgan fingerprint density at radius 3 is 2.49 bits per heavy atom. The fraction of sp³-hybridized carbons (Fsp3) is 0.179. The van der Waals surface area contributed by atoms with E-state index in [2.05, 4.69) is 15.1 Å². The zero-order valence-corrected chi connectivity index (χ0v) is 21.3. The SMILES string of the molecule is Cc1cccc(C)c1OCCCOc1ccc(/C=C2/C(=N)N3N=C(c4cccnc4)SC3=NC2=O)cc1. The van der Waals surface area contributed by atoms with E-state index in [-0.39, 0.29) is 11.4 Å². The van der Waals surface area contributed by atoms with Crippen molar-refractivity contribution >= 4 is 39.8 Å². The second kappa shape index (κ2) is 10.8. The third-order valence-corrected chi connectivity index (χ3v) is 6.72. The number of pyridine rings is 1. The first-order chi connectivity index (χ1) is 18.0. The molecular formula is C28H25N5O3S. The smallest absolute Gasteiger partial charge is 0.283 e. The zero-order chi connectivity index (χ0) is 25.8. The Morgan fingerprint density at radius 2 is 1.76 bits per heavy atom. The average Bonchev–Trinajstić information content (AvgIpc) is 3.33. The highest BCUT2D eigenvalue weighted by Gasteiger charge is 2.36. The molecule has 37 heavy (non-hydrogen) atoms. The van der Waals surface area contributed by atoms with Crippen LogP contribution >= 0.6 is 11.8 Å². The van der Waals surface area contributed by atoms with Crippen LogP contribution in [0.25, 0.3) is 6.08 Å². The molecule has 8 nitrogen and oxygen atoms in total. The molecule has 0 unspecified atom stereocenters. The molecule has 2 aromatic carbocycles. The number of ether oxygens (including phenoxy) is 2. The maximum absolute atomic E-state index is 12.7. The van der Waals surface area contributed by atoms with Gasteiger partial charge in [0.25, 0.3) is 5.91 Å². The molecule has 186 valence electrons. The van der Waals surface area contributed by atoms with Crippen molar-refractivity contribution in [1.82, 2.24) is 9.99 Å². The molecule has 0 fully saturated rings. The Bertz CT molecular complexity index is 1410. The number of para-hydroxylation sites is 1. The van der Waals surface area contributed by atoms with Crippen LogP contribution in [0, 0.1) is 19.3 Å². The van der Waals surface area contributed by atoms with Gasteiger partial charge >= 0.3 is 0 Å². The van der Waals surface area contributed by atoms with Gasteiger partial charge in [0.05, 0.1) is 18.8 Å². The number of amidine groups is 2. The van der Waals surface area contributed by atoms with E-state index in [1.165, 1.54) is 16.8 Å². The normalized spacial score (nSPS) is 15.9. The number of benzene rings is 2. The molecule has 3 heterocycles. The number of carbonyl (C=O) groups excluding carboxylic acids is 1. The second-order valence-corrected chi connectivity index (χ2v) is 9.46. The highest BCUT2D eigenvalue weighted by molar-refractivity contribution is 8.27. The van der Waals surface area contributed by atoms with Crippen LogP contribution in [0.5, 0.6) is 11.5 Å². The van der Waals surface area contributed by atoms with Crippen molar-refractivity contribution in [2.45, 2.75) is 20.3 Å². The molecule has 0 radical (unpaired) electrons. The number of hydrogen-bond donors (Lipinski definition) is 1. The van der Waals surface area contributed by atoms with E-state index in [1.54, 1.807) is 18.5 Å².